The molecule has 1 atom stereocenters. The van der Waals surface area contributed by atoms with Crippen LogP contribution < -0.4 is 0 Å². The molecule has 1 unspecified atom stereocenters. The van der Waals surface area contributed by atoms with Crippen LogP contribution in [0.5, 0.6) is 0 Å². The molecule has 4 nitrogen and oxygen atoms in total. The molecule has 4 heteroatoms. The van der Waals surface area contributed by atoms with Crippen molar-refractivity contribution in [3.05, 3.63) is 34.9 Å². The van der Waals surface area contributed by atoms with Crippen LogP contribution in [0.4, 0.5) is 0 Å². The highest BCUT2D eigenvalue weighted by atomic mass is 16.4. The van der Waals surface area contributed by atoms with E-state index in [4.69, 9.17) is 0 Å². The second-order valence-electron chi connectivity index (χ2n) is 5.66. The molecule has 20 heavy (non-hydrogen) atoms. The normalized spacial score (nSPS) is 13.9. The molecule has 0 aliphatic rings. The molecular weight excluding hydrogens is 254 g/mol. The summed E-state index contributed by atoms with van der Waals surface area (Å²) in [4.78, 5) is 25.2. The Morgan fingerprint density at radius 2 is 1.75 bits per heavy atom. The van der Waals surface area contributed by atoms with Crippen molar-refractivity contribution in [3.8, 4) is 0 Å². The molecule has 0 radical (unpaired) electrons. The number of hydrogen-bond acceptors (Lipinski definition) is 2. The Morgan fingerprint density at radius 3 is 2.10 bits per heavy atom. The van der Waals surface area contributed by atoms with Gasteiger partial charge < -0.3 is 10.0 Å². The monoisotopic (exact) mass is 277 g/mol. The van der Waals surface area contributed by atoms with Gasteiger partial charge >= 0.3 is 5.97 Å². The number of carboxylic acid groups (broad SMARTS) is 1. The fourth-order valence-electron chi connectivity index (χ4n) is 2.60. The third kappa shape index (κ3) is 2.69. The van der Waals surface area contributed by atoms with Crippen LogP contribution in [0.1, 0.15) is 44.4 Å². The molecule has 1 amide bonds. The van der Waals surface area contributed by atoms with E-state index in [1.165, 1.54) is 11.8 Å². The number of aliphatic carboxylic acids is 1. The van der Waals surface area contributed by atoms with Crippen LogP contribution in [0.3, 0.4) is 0 Å². The van der Waals surface area contributed by atoms with E-state index in [0.29, 0.717) is 5.56 Å². The number of hydrogen-bond donors (Lipinski definition) is 1. The molecule has 0 aromatic heterocycles. The van der Waals surface area contributed by atoms with Crippen LogP contribution in [0.25, 0.3) is 0 Å². The predicted molar refractivity (Wildman–Crippen MR) is 78.6 cm³/mol. The van der Waals surface area contributed by atoms with E-state index in [9.17, 15) is 14.7 Å². The molecule has 0 aliphatic heterocycles. The van der Waals surface area contributed by atoms with E-state index < -0.39 is 11.5 Å². The summed E-state index contributed by atoms with van der Waals surface area (Å²) >= 11 is 0. The minimum atomic E-state index is -1.36. The number of amides is 1. The average molecular weight is 277 g/mol. The lowest BCUT2D eigenvalue weighted by Crippen LogP contribution is -2.55. The van der Waals surface area contributed by atoms with Gasteiger partial charge in [0.2, 0.25) is 5.91 Å². The lowest BCUT2D eigenvalue weighted by Gasteiger charge is -2.40. The van der Waals surface area contributed by atoms with Crippen LogP contribution in [-0.4, -0.2) is 27.9 Å². The lowest BCUT2D eigenvalue weighted by molar-refractivity contribution is -0.160. The van der Waals surface area contributed by atoms with Crippen LogP contribution in [-0.2, 0) is 15.1 Å². The maximum Gasteiger partial charge on any atom is 0.334 e. The van der Waals surface area contributed by atoms with Crippen molar-refractivity contribution in [1.82, 2.24) is 4.90 Å². The Hall–Kier alpha value is -1.84. The van der Waals surface area contributed by atoms with Gasteiger partial charge in [-0.3, -0.25) is 4.79 Å². The van der Waals surface area contributed by atoms with Crippen molar-refractivity contribution in [2.45, 2.75) is 53.1 Å². The van der Waals surface area contributed by atoms with Gasteiger partial charge in [-0.15, -0.1) is 0 Å². The smallest absolute Gasteiger partial charge is 0.334 e. The fourth-order valence-corrected chi connectivity index (χ4v) is 2.60. The van der Waals surface area contributed by atoms with Gasteiger partial charge in [-0.1, -0.05) is 18.2 Å². The quantitative estimate of drug-likeness (QED) is 0.920. The molecule has 0 fully saturated rings. The van der Waals surface area contributed by atoms with Crippen molar-refractivity contribution in [2.24, 2.45) is 0 Å². The first kappa shape index (κ1) is 16.2. The minimum absolute atomic E-state index is 0.199. The van der Waals surface area contributed by atoms with E-state index in [-0.39, 0.29) is 11.9 Å². The maximum absolute atomic E-state index is 11.9. The van der Waals surface area contributed by atoms with E-state index in [1.54, 1.807) is 13.0 Å². The van der Waals surface area contributed by atoms with Crippen LogP contribution in [0.15, 0.2) is 18.2 Å². The SMILES string of the molecule is CC(=O)N(C(C)C)C(C)(C(=O)O)c1ccc(C)c(C)c1. The molecule has 0 aliphatic carbocycles. The van der Waals surface area contributed by atoms with Crippen molar-refractivity contribution >= 4 is 11.9 Å². The largest absolute Gasteiger partial charge is 0.479 e. The van der Waals surface area contributed by atoms with E-state index in [2.05, 4.69) is 0 Å². The summed E-state index contributed by atoms with van der Waals surface area (Å²) in [5, 5.41) is 9.72. The molecule has 110 valence electrons. The molecule has 0 bridgehead atoms. The van der Waals surface area contributed by atoms with Crippen molar-refractivity contribution < 1.29 is 14.7 Å². The molecule has 1 rings (SSSR count). The predicted octanol–water partition coefficient (Wildman–Crippen LogP) is 2.86. The highest BCUT2D eigenvalue weighted by Gasteiger charge is 2.44. The fraction of sp³-hybridized carbons (Fsp3) is 0.500. The zero-order valence-electron chi connectivity index (χ0n) is 13.0. The number of carbonyl (C=O) groups excluding carboxylic acids is 1. The molecule has 1 N–H and O–H groups in total. The van der Waals surface area contributed by atoms with Crippen molar-refractivity contribution in [3.63, 3.8) is 0 Å². The summed E-state index contributed by atoms with van der Waals surface area (Å²) in [5.41, 5.74) is 1.37. The average Bonchev–Trinajstić information content (AvgIpc) is 2.31. The highest BCUT2D eigenvalue weighted by Crippen LogP contribution is 2.32. The molecule has 0 spiro atoms. The van der Waals surface area contributed by atoms with E-state index in [1.807, 2.05) is 39.8 Å². The Kier molecular flexibility index (Phi) is 4.58. The number of rotatable bonds is 4. The van der Waals surface area contributed by atoms with Crippen molar-refractivity contribution in [1.29, 1.82) is 0 Å². The number of carbonyl (C=O) groups is 2. The molecule has 1 aromatic carbocycles. The van der Waals surface area contributed by atoms with Gasteiger partial charge in [-0.05, 0) is 51.3 Å². The number of nitrogens with zero attached hydrogens (tertiary/aromatic N) is 1. The third-order valence-electron chi connectivity index (χ3n) is 3.82. The molecule has 0 heterocycles. The van der Waals surface area contributed by atoms with Gasteiger partial charge in [-0.2, -0.15) is 0 Å². The van der Waals surface area contributed by atoms with Gasteiger partial charge in [-0.25, -0.2) is 4.79 Å². The Labute approximate surface area is 120 Å². The zero-order valence-corrected chi connectivity index (χ0v) is 13.0. The van der Waals surface area contributed by atoms with Crippen molar-refractivity contribution in [2.75, 3.05) is 0 Å². The Bertz CT molecular complexity index is 537. The molecular formula is C16H23NO3. The summed E-state index contributed by atoms with van der Waals surface area (Å²) < 4.78 is 0. The maximum atomic E-state index is 11.9. The molecule has 1 aromatic rings. The number of carboxylic acids is 1. The number of benzene rings is 1. The molecule has 0 saturated heterocycles. The standard InChI is InChI=1S/C16H23NO3/c1-10(2)17(13(5)18)16(6,15(19)20)14-8-7-11(3)12(4)9-14/h7-10H,1-6H3,(H,19,20). The summed E-state index contributed by atoms with van der Waals surface area (Å²) in [6.45, 7) is 10.5. The zero-order chi connectivity index (χ0) is 15.7. The molecule has 0 saturated carbocycles. The van der Waals surface area contributed by atoms with Crippen LogP contribution >= 0.6 is 0 Å². The topological polar surface area (TPSA) is 57.6 Å². The minimum Gasteiger partial charge on any atom is -0.479 e. The first-order valence-corrected chi connectivity index (χ1v) is 6.73. The summed E-state index contributed by atoms with van der Waals surface area (Å²) in [6, 6.07) is 5.33. The van der Waals surface area contributed by atoms with Gasteiger partial charge in [0.1, 0.15) is 0 Å². The summed E-state index contributed by atoms with van der Waals surface area (Å²) in [7, 11) is 0. The second kappa shape index (κ2) is 5.65. The Balaban J connectivity index is 3.51. The first-order chi connectivity index (χ1) is 9.12. The second-order valence-corrected chi connectivity index (χ2v) is 5.66. The number of aryl methyl sites for hydroxylation is 2. The van der Waals surface area contributed by atoms with E-state index in [0.717, 1.165) is 11.1 Å². The summed E-state index contributed by atoms with van der Waals surface area (Å²) in [6.07, 6.45) is 0. The van der Waals surface area contributed by atoms with Gasteiger partial charge in [0.05, 0.1) is 0 Å². The third-order valence-corrected chi connectivity index (χ3v) is 3.82. The van der Waals surface area contributed by atoms with Gasteiger partial charge in [0.25, 0.3) is 0 Å². The Morgan fingerprint density at radius 1 is 1.20 bits per heavy atom. The highest BCUT2D eigenvalue weighted by molar-refractivity contribution is 5.87. The van der Waals surface area contributed by atoms with Gasteiger partial charge in [0, 0.05) is 13.0 Å². The first-order valence-electron chi connectivity index (χ1n) is 6.73. The van der Waals surface area contributed by atoms with E-state index >= 15 is 0 Å². The van der Waals surface area contributed by atoms with Crippen LogP contribution in [0, 0.1) is 13.8 Å². The van der Waals surface area contributed by atoms with Gasteiger partial charge in [0.15, 0.2) is 5.54 Å². The van der Waals surface area contributed by atoms with Crippen LogP contribution in [0.2, 0.25) is 0 Å². The summed E-state index contributed by atoms with van der Waals surface area (Å²) in [5.74, 6) is -1.27. The lowest BCUT2D eigenvalue weighted by atomic mass is 9.87.